The Labute approximate surface area is 564 Å². The molecule has 9 atom stereocenters. The van der Waals surface area contributed by atoms with Crippen molar-refractivity contribution in [3.05, 3.63) is 167 Å². The molecule has 4 fully saturated rings. The maximum absolute atomic E-state index is 13.7. The van der Waals surface area contributed by atoms with Crippen LogP contribution in [0.15, 0.2) is 127 Å². The first-order chi connectivity index (χ1) is 46.0. The highest BCUT2D eigenvalue weighted by molar-refractivity contribution is 6.10. The second kappa shape index (κ2) is 27.4. The van der Waals surface area contributed by atoms with E-state index in [1.54, 1.807) is 52.5 Å². The average molecular weight is 1320 g/mol. The number of Topliss-reactive ketones (excluding diaryl/α,β-unsaturated/α-hetero) is 1. The molecule has 8 aliphatic rings. The number of hydrogen-bond acceptors (Lipinski definition) is 14. The van der Waals surface area contributed by atoms with Crippen molar-refractivity contribution in [2.24, 2.45) is 17.6 Å². The molecule has 4 saturated heterocycles. The van der Waals surface area contributed by atoms with Gasteiger partial charge in [-0.2, -0.15) is 10.5 Å². The Morgan fingerprint density at radius 2 is 1.01 bits per heavy atom. The van der Waals surface area contributed by atoms with Gasteiger partial charge in [0.25, 0.3) is 0 Å². The Hall–Kier alpha value is -10.4. The first-order valence-electron chi connectivity index (χ1n) is 32.7. The smallest absolute Gasteiger partial charge is 0.411 e. The third-order valence-electron chi connectivity index (χ3n) is 19.2. The summed E-state index contributed by atoms with van der Waals surface area (Å²) in [4.78, 5) is 122. The topological polar surface area (TPSA) is 320 Å². The zero-order valence-corrected chi connectivity index (χ0v) is 55.8. The summed E-state index contributed by atoms with van der Waals surface area (Å²) in [5.41, 5.74) is 8.55. The van der Waals surface area contributed by atoms with E-state index in [4.69, 9.17) is 27.0 Å². The number of nitrogens with one attached hydrogen (secondary N) is 5. The number of para-hydroxylation sites is 4. The van der Waals surface area contributed by atoms with E-state index in [9.17, 15) is 48.4 Å². The molecule has 0 radical (unpaired) electrons. The Balaban J connectivity index is 0.000000145. The van der Waals surface area contributed by atoms with Crippen LogP contribution in [0.4, 0.5) is 32.3 Å². The van der Waals surface area contributed by atoms with Crippen molar-refractivity contribution >= 4 is 76.2 Å². The standard InChI is InChI=1S/C28H31N3O3.C17H21N3O4.C17H19N3O3.C12H11N3O/c1-19(2)15-21(16-22(32)14-13-20-9-5-4-6-10-20)26(33)31-18-28(17-25(31)29-3)23-11-7-8-12-24(23)30-27(28)34;1-16(2,3)24-15(23)20-9-17(8-12(20)13(18)21)10-6-4-5-7-11(10)19-14(17)22;1-16(2,3)23-15(22)20-10-17(8-11(20)9-18)12-6-4-5-7-13(12)19-14(17)21;13-6-8-5-12(7-14-8)9-3-1-2-4-10(9)15-11(12)16/h4-12,19,21,25H,13-18H2,1-2H3,(H,30,34);4-7,12H,8-9H2,1-3H3,(H2,18,21)(H,19,22);4-7,11H,8,10H2,1-3H3,(H,19,21);1-4,8,14H,5,7H2,(H,15,16)/t21-,25+,28+;12-,17-;11-,17-;8-,12-/m1000/s1. The Morgan fingerprint density at radius 1 is 0.588 bits per heavy atom. The van der Waals surface area contributed by atoms with Crippen molar-refractivity contribution in [3.8, 4) is 12.1 Å². The number of carbonyl (C=O) groups is 9. The highest BCUT2D eigenvalue weighted by Gasteiger charge is 2.61. The van der Waals surface area contributed by atoms with Crippen molar-refractivity contribution in [2.75, 3.05) is 47.4 Å². The molecule has 8 amide bonds. The predicted molar refractivity (Wildman–Crippen MR) is 361 cm³/mol. The number of anilines is 4. The predicted octanol–water partition coefficient (Wildman–Crippen LogP) is 9.15. The van der Waals surface area contributed by atoms with Crippen molar-refractivity contribution in [2.45, 2.75) is 164 Å². The largest absolute Gasteiger partial charge is 0.444 e. The fraction of sp³-hybridized carbons (Fsp3) is 0.432. The molecule has 8 aliphatic heterocycles. The zero-order valence-electron chi connectivity index (χ0n) is 55.8. The van der Waals surface area contributed by atoms with Gasteiger partial charge in [-0.15, -0.1) is 0 Å². The summed E-state index contributed by atoms with van der Waals surface area (Å²) in [7, 11) is 0. The van der Waals surface area contributed by atoms with Crippen molar-refractivity contribution in [1.82, 2.24) is 20.0 Å². The van der Waals surface area contributed by atoms with Gasteiger partial charge in [0.15, 0.2) is 0 Å². The van der Waals surface area contributed by atoms with Crippen molar-refractivity contribution < 1.29 is 52.6 Å². The number of benzene rings is 5. The number of ether oxygens (including phenoxy) is 2. The lowest BCUT2D eigenvalue weighted by Gasteiger charge is -2.27. The highest BCUT2D eigenvalue weighted by Crippen LogP contribution is 2.50. The summed E-state index contributed by atoms with van der Waals surface area (Å²) in [6.07, 6.45) is 1.16. The van der Waals surface area contributed by atoms with Crippen LogP contribution in [0.3, 0.4) is 0 Å². The van der Waals surface area contributed by atoms with Gasteiger partial charge in [-0.05, 0) is 125 Å². The minimum atomic E-state index is -0.965. The molecule has 504 valence electrons. The fourth-order valence-electron chi connectivity index (χ4n) is 14.6. The third-order valence-corrected chi connectivity index (χ3v) is 19.2. The number of aryl methyl sites for hydroxylation is 1. The summed E-state index contributed by atoms with van der Waals surface area (Å²) in [6, 6.07) is 42.3. The maximum atomic E-state index is 13.7. The normalized spacial score (nSPS) is 25.3. The van der Waals surface area contributed by atoms with Crippen LogP contribution < -0.4 is 32.3 Å². The first kappa shape index (κ1) is 69.4. The van der Waals surface area contributed by atoms with E-state index in [-0.39, 0.29) is 92.6 Å². The van der Waals surface area contributed by atoms with Crippen LogP contribution >= 0.6 is 0 Å². The molecule has 0 aliphatic carbocycles. The van der Waals surface area contributed by atoms with E-state index in [2.05, 4.69) is 43.6 Å². The van der Waals surface area contributed by atoms with Gasteiger partial charge in [-0.3, -0.25) is 53.1 Å². The van der Waals surface area contributed by atoms with Crippen LogP contribution in [-0.2, 0) is 71.1 Å². The molecule has 0 bridgehead atoms. The number of hydrogen-bond donors (Lipinski definition) is 6. The number of carbonyl (C=O) groups excluding carboxylic acids is 9. The monoisotopic (exact) mass is 1310 g/mol. The number of nitriles is 2. The number of likely N-dealkylation sites (tertiary alicyclic amines) is 3. The summed E-state index contributed by atoms with van der Waals surface area (Å²) >= 11 is 0. The molecule has 13 rings (SSSR count). The lowest BCUT2D eigenvalue weighted by atomic mass is 9.79. The number of rotatable bonds is 9. The van der Waals surface area contributed by atoms with Crippen LogP contribution in [0.25, 0.3) is 4.85 Å². The van der Waals surface area contributed by atoms with E-state index in [1.807, 2.05) is 135 Å². The van der Waals surface area contributed by atoms with Crippen LogP contribution in [0.5, 0.6) is 0 Å². The summed E-state index contributed by atoms with van der Waals surface area (Å²) in [6.45, 7) is 23.3. The number of nitrogens with two attached hydrogens (primary N) is 1. The number of primary amides is 1. The Kier molecular flexibility index (Phi) is 19.6. The molecular formula is C74H82N12O11. The molecule has 23 nitrogen and oxygen atoms in total. The van der Waals surface area contributed by atoms with Crippen LogP contribution in [0, 0.1) is 41.1 Å². The van der Waals surface area contributed by atoms with Gasteiger partial charge in [-0.1, -0.05) is 117 Å². The van der Waals surface area contributed by atoms with Gasteiger partial charge in [0.1, 0.15) is 34.5 Å². The van der Waals surface area contributed by atoms with Crippen LogP contribution in [-0.4, -0.2) is 130 Å². The molecule has 5 aromatic carbocycles. The first-order valence-corrected chi connectivity index (χ1v) is 32.7. The third kappa shape index (κ3) is 13.9. The van der Waals surface area contributed by atoms with Crippen molar-refractivity contribution in [1.29, 1.82) is 10.5 Å². The zero-order chi connectivity index (χ0) is 70.0. The number of fused-ring (bicyclic) bond motifs is 8. The van der Waals surface area contributed by atoms with E-state index < -0.39 is 75.1 Å². The molecule has 5 aromatic rings. The molecular weight excluding hydrogens is 1230 g/mol. The highest BCUT2D eigenvalue weighted by atomic mass is 16.6. The minimum Gasteiger partial charge on any atom is -0.444 e. The molecule has 0 saturated carbocycles. The minimum absolute atomic E-state index is 0.0129. The van der Waals surface area contributed by atoms with Gasteiger partial charge in [0, 0.05) is 74.1 Å². The summed E-state index contributed by atoms with van der Waals surface area (Å²) in [5, 5.41) is 32.9. The summed E-state index contributed by atoms with van der Waals surface area (Å²) < 4.78 is 10.8. The van der Waals surface area contributed by atoms with Gasteiger partial charge in [0.2, 0.25) is 35.4 Å². The molecule has 23 heteroatoms. The van der Waals surface area contributed by atoms with E-state index in [1.165, 1.54) is 9.80 Å². The van der Waals surface area contributed by atoms with Gasteiger partial charge >= 0.3 is 18.4 Å². The fourth-order valence-corrected chi connectivity index (χ4v) is 14.6. The van der Waals surface area contributed by atoms with E-state index >= 15 is 0 Å². The van der Waals surface area contributed by atoms with Crippen LogP contribution in [0.1, 0.15) is 128 Å². The lowest BCUT2D eigenvalue weighted by molar-refractivity contribution is -0.139. The number of nitrogens with zero attached hydrogens (tertiary/aromatic N) is 6. The van der Waals surface area contributed by atoms with Crippen LogP contribution in [0.2, 0.25) is 0 Å². The average Bonchev–Trinajstić information content (AvgIpc) is 1.59. The molecule has 7 N–H and O–H groups in total. The Morgan fingerprint density at radius 3 is 1.45 bits per heavy atom. The molecule has 0 aromatic heterocycles. The maximum Gasteiger partial charge on any atom is 0.411 e. The van der Waals surface area contributed by atoms with E-state index in [0.717, 1.165) is 44.9 Å². The second-order valence-electron chi connectivity index (χ2n) is 28.6. The SMILES string of the molecule is CC(C)(C)OC(=O)N1C[C@]2(C[C@H]1C#N)C(=O)Nc1ccccc12.CC(C)(C)OC(=O)N1C[C@]2(C[C@H]1C(N)=O)C(=O)Nc1ccccc12.N#C[C@@H]1C[C@@]2(CN1)C(=O)Nc1ccccc12.[C-]#[N+][C@@H]1C[C@@]2(CN1C(=O)[C@@H](CC(=O)CCc1ccccc1)CC(C)C)C(=O)Nc1ccccc12. The molecule has 0 unspecified atom stereocenters. The molecule has 8 heterocycles. The number of amides is 8. The number of ketones is 1. The summed E-state index contributed by atoms with van der Waals surface area (Å²) in [5.74, 6) is -1.55. The Bertz CT molecular complexity index is 4090. The van der Waals surface area contributed by atoms with Crippen molar-refractivity contribution in [3.63, 3.8) is 0 Å². The quantitative estimate of drug-likeness (QED) is 0.0750. The lowest BCUT2D eigenvalue weighted by Crippen LogP contribution is -2.46. The van der Waals surface area contributed by atoms with E-state index in [0.29, 0.717) is 37.9 Å². The molecule has 97 heavy (non-hydrogen) atoms. The molecule has 4 spiro atoms. The van der Waals surface area contributed by atoms with Gasteiger partial charge < -0.3 is 41.8 Å². The van der Waals surface area contributed by atoms with Gasteiger partial charge in [0.05, 0.1) is 40.8 Å². The second-order valence-corrected chi connectivity index (χ2v) is 28.6. The van der Waals surface area contributed by atoms with Gasteiger partial charge in [-0.25, -0.2) is 16.2 Å².